The molecule has 0 unspecified atom stereocenters. The minimum absolute atomic E-state index is 0.0968. The topological polar surface area (TPSA) is 119 Å². The third-order valence-corrected chi connectivity index (χ3v) is 5.53. The number of anilines is 1. The number of nitrogens with one attached hydrogen (secondary N) is 1. The molecule has 2 N–H and O–H groups in total. The van der Waals surface area contributed by atoms with Crippen LogP contribution in [0.15, 0.2) is 66.7 Å². The average Bonchev–Trinajstić information content (AvgIpc) is 2.83. The second kappa shape index (κ2) is 11.3. The van der Waals surface area contributed by atoms with Gasteiger partial charge < -0.3 is 19.9 Å². The number of hydrogen-bond donors (Lipinski definition) is 2. The van der Waals surface area contributed by atoms with E-state index >= 15 is 0 Å². The van der Waals surface area contributed by atoms with Crippen molar-refractivity contribution < 1.29 is 33.8 Å². The van der Waals surface area contributed by atoms with Crippen LogP contribution in [-0.2, 0) is 19.1 Å². The summed E-state index contributed by atoms with van der Waals surface area (Å²) in [6.45, 7) is 7.28. The zero-order chi connectivity index (χ0) is 26.4. The maximum Gasteiger partial charge on any atom is 0.349 e. The van der Waals surface area contributed by atoms with E-state index in [1.807, 2.05) is 13.8 Å². The average molecular weight is 490 g/mol. The van der Waals surface area contributed by atoms with Gasteiger partial charge >= 0.3 is 17.9 Å². The molecule has 0 spiro atoms. The molecule has 36 heavy (non-hydrogen) atoms. The zero-order valence-electron chi connectivity index (χ0n) is 20.4. The third-order valence-electron chi connectivity index (χ3n) is 5.53. The summed E-state index contributed by atoms with van der Waals surface area (Å²) in [5, 5.41) is 12.4. The normalized spacial score (nSPS) is 12.2. The number of carbonyl (C=O) groups is 4. The largest absolute Gasteiger partial charge is 0.478 e. The maximum atomic E-state index is 13.2. The molecule has 0 fully saturated rings. The van der Waals surface area contributed by atoms with Gasteiger partial charge in [-0.1, -0.05) is 41.5 Å². The van der Waals surface area contributed by atoms with E-state index in [9.17, 15) is 24.3 Å². The van der Waals surface area contributed by atoms with Gasteiger partial charge in [0, 0.05) is 5.69 Å². The van der Waals surface area contributed by atoms with E-state index in [4.69, 9.17) is 9.47 Å². The number of aliphatic carboxylic acids is 1. The summed E-state index contributed by atoms with van der Waals surface area (Å²) in [4.78, 5) is 50.9. The number of carboxylic acids is 1. The molecule has 186 valence electrons. The first kappa shape index (κ1) is 26.2. The molecule has 1 amide bonds. The van der Waals surface area contributed by atoms with E-state index in [0.29, 0.717) is 5.69 Å². The Balaban J connectivity index is 1.93. The van der Waals surface area contributed by atoms with Gasteiger partial charge in [0.2, 0.25) is 12.2 Å². The highest BCUT2D eigenvalue weighted by Gasteiger charge is 2.41. The number of benzene rings is 3. The Bertz CT molecular complexity index is 1310. The van der Waals surface area contributed by atoms with Crippen LogP contribution in [0, 0.1) is 27.7 Å². The van der Waals surface area contributed by atoms with Crippen molar-refractivity contribution in [3.63, 3.8) is 0 Å². The van der Waals surface area contributed by atoms with E-state index < -0.39 is 36.0 Å². The second-order valence-corrected chi connectivity index (χ2v) is 8.52. The van der Waals surface area contributed by atoms with Crippen LogP contribution in [0.5, 0.6) is 0 Å². The molecule has 0 heterocycles. The van der Waals surface area contributed by atoms with Crippen LogP contribution in [0.25, 0.3) is 0 Å². The summed E-state index contributed by atoms with van der Waals surface area (Å²) in [6, 6.07) is 17.9. The van der Waals surface area contributed by atoms with Crippen molar-refractivity contribution in [1.82, 2.24) is 0 Å². The quantitative estimate of drug-likeness (QED) is 0.450. The summed E-state index contributed by atoms with van der Waals surface area (Å²) >= 11 is 0. The number of rotatable bonds is 8. The van der Waals surface area contributed by atoms with Crippen molar-refractivity contribution in [3.8, 4) is 0 Å². The van der Waals surface area contributed by atoms with Crippen molar-refractivity contribution in [3.05, 3.63) is 100 Å². The molecule has 2 atom stereocenters. The molecule has 0 aliphatic heterocycles. The lowest BCUT2D eigenvalue weighted by atomic mass is 10.1. The van der Waals surface area contributed by atoms with Crippen LogP contribution in [0.3, 0.4) is 0 Å². The first-order valence-electron chi connectivity index (χ1n) is 11.2. The Hall–Kier alpha value is -4.46. The summed E-state index contributed by atoms with van der Waals surface area (Å²) < 4.78 is 10.6. The molecular formula is C28H27NO7. The van der Waals surface area contributed by atoms with Gasteiger partial charge in [0.05, 0.1) is 11.1 Å². The fourth-order valence-corrected chi connectivity index (χ4v) is 3.44. The number of amides is 1. The molecule has 0 saturated carbocycles. The van der Waals surface area contributed by atoms with Crippen molar-refractivity contribution >= 4 is 29.5 Å². The van der Waals surface area contributed by atoms with Crippen molar-refractivity contribution in [2.24, 2.45) is 0 Å². The molecule has 0 aromatic heterocycles. The molecule has 0 aliphatic rings. The van der Waals surface area contributed by atoms with Gasteiger partial charge in [-0.05, 0) is 75.2 Å². The molecule has 3 aromatic rings. The van der Waals surface area contributed by atoms with Crippen molar-refractivity contribution in [2.45, 2.75) is 39.9 Å². The van der Waals surface area contributed by atoms with Crippen molar-refractivity contribution in [1.29, 1.82) is 0 Å². The predicted octanol–water partition coefficient (Wildman–Crippen LogP) is 4.39. The molecule has 0 aliphatic carbocycles. The summed E-state index contributed by atoms with van der Waals surface area (Å²) in [6.07, 6.45) is -4.07. The smallest absolute Gasteiger partial charge is 0.349 e. The Kier molecular flexibility index (Phi) is 8.22. The van der Waals surface area contributed by atoms with Crippen LogP contribution in [-0.4, -0.2) is 41.1 Å². The molecule has 3 aromatic carbocycles. The van der Waals surface area contributed by atoms with Gasteiger partial charge in [-0.15, -0.1) is 0 Å². The van der Waals surface area contributed by atoms with Crippen LogP contribution in [0.2, 0.25) is 0 Å². The van der Waals surface area contributed by atoms with Crippen LogP contribution in [0.1, 0.15) is 43.0 Å². The standard InChI is InChI=1S/C28H27NO7/c1-16-7-5-9-20(13-16)27(33)35-23(25(30)29-22-12-11-18(3)19(4)15-22)24(26(31)32)36-28(34)21-10-6-8-17(2)14-21/h5-15,23-24H,1-4H3,(H,29,30)(H,31,32)/t23-,24-/m1/s1. The Morgan fingerprint density at radius 1 is 0.694 bits per heavy atom. The van der Waals surface area contributed by atoms with E-state index in [0.717, 1.165) is 22.3 Å². The van der Waals surface area contributed by atoms with Gasteiger partial charge in [0.25, 0.3) is 5.91 Å². The Labute approximate surface area is 208 Å². The number of carboxylic acid groups (broad SMARTS) is 1. The number of esters is 2. The summed E-state index contributed by atoms with van der Waals surface area (Å²) in [5.41, 5.74) is 3.99. The number of aryl methyl sites for hydroxylation is 4. The van der Waals surface area contributed by atoms with Gasteiger partial charge in [-0.2, -0.15) is 0 Å². The van der Waals surface area contributed by atoms with Gasteiger partial charge in [0.15, 0.2) is 0 Å². The molecule has 0 saturated heterocycles. The zero-order valence-corrected chi connectivity index (χ0v) is 20.4. The SMILES string of the molecule is Cc1cccc(C(=O)O[C@@H](C(=O)O)[C@@H](OC(=O)c2cccc(C)c2)C(=O)Nc2ccc(C)c(C)c2)c1. The van der Waals surface area contributed by atoms with E-state index in [1.54, 1.807) is 56.3 Å². The highest BCUT2D eigenvalue weighted by atomic mass is 16.6. The van der Waals surface area contributed by atoms with Gasteiger partial charge in [-0.25, -0.2) is 14.4 Å². The Morgan fingerprint density at radius 3 is 1.69 bits per heavy atom. The lowest BCUT2D eigenvalue weighted by Gasteiger charge is -2.24. The fourth-order valence-electron chi connectivity index (χ4n) is 3.44. The summed E-state index contributed by atoms with van der Waals surface area (Å²) in [7, 11) is 0. The first-order chi connectivity index (χ1) is 17.0. The van der Waals surface area contributed by atoms with Crippen LogP contribution < -0.4 is 5.32 Å². The van der Waals surface area contributed by atoms with Gasteiger partial charge in [0.1, 0.15) is 0 Å². The number of hydrogen-bond acceptors (Lipinski definition) is 6. The van der Waals surface area contributed by atoms with E-state index in [-0.39, 0.29) is 11.1 Å². The highest BCUT2D eigenvalue weighted by molar-refractivity contribution is 6.01. The maximum absolute atomic E-state index is 13.2. The summed E-state index contributed by atoms with van der Waals surface area (Å²) in [5.74, 6) is -4.50. The Morgan fingerprint density at radius 2 is 1.22 bits per heavy atom. The molecule has 8 heteroatoms. The second-order valence-electron chi connectivity index (χ2n) is 8.52. The van der Waals surface area contributed by atoms with E-state index in [1.165, 1.54) is 24.3 Å². The van der Waals surface area contributed by atoms with Crippen LogP contribution in [0.4, 0.5) is 5.69 Å². The molecule has 0 bridgehead atoms. The minimum Gasteiger partial charge on any atom is -0.478 e. The van der Waals surface area contributed by atoms with Crippen LogP contribution >= 0.6 is 0 Å². The van der Waals surface area contributed by atoms with E-state index in [2.05, 4.69) is 5.32 Å². The highest BCUT2D eigenvalue weighted by Crippen LogP contribution is 2.19. The third kappa shape index (κ3) is 6.56. The predicted molar refractivity (Wildman–Crippen MR) is 133 cm³/mol. The number of ether oxygens (including phenoxy) is 2. The lowest BCUT2D eigenvalue weighted by Crippen LogP contribution is -2.48. The molecule has 3 rings (SSSR count). The molecule has 0 radical (unpaired) electrons. The van der Waals surface area contributed by atoms with Crippen molar-refractivity contribution in [2.75, 3.05) is 5.32 Å². The lowest BCUT2D eigenvalue weighted by molar-refractivity contribution is -0.157. The number of carbonyl (C=O) groups excluding carboxylic acids is 3. The fraction of sp³-hybridized carbons (Fsp3) is 0.214. The molecule has 8 nitrogen and oxygen atoms in total. The molecular weight excluding hydrogens is 462 g/mol. The first-order valence-corrected chi connectivity index (χ1v) is 11.2. The monoisotopic (exact) mass is 489 g/mol. The van der Waals surface area contributed by atoms with Gasteiger partial charge in [-0.3, -0.25) is 4.79 Å². The minimum atomic E-state index is -2.10.